The van der Waals surface area contributed by atoms with Crippen LogP contribution in [0.3, 0.4) is 0 Å². The molecule has 0 saturated heterocycles. The molecule has 2 atom stereocenters. The molecule has 0 aromatic heterocycles. The summed E-state index contributed by atoms with van der Waals surface area (Å²) in [5, 5.41) is 12.2. The molecule has 0 unspecified atom stereocenters. The van der Waals surface area contributed by atoms with Crippen molar-refractivity contribution in [3.8, 4) is 0 Å². The van der Waals surface area contributed by atoms with Crippen molar-refractivity contribution in [1.29, 1.82) is 0 Å². The summed E-state index contributed by atoms with van der Waals surface area (Å²) in [6.07, 6.45) is 0. The van der Waals surface area contributed by atoms with Crippen LogP contribution in [0.5, 0.6) is 0 Å². The number of nitrogens with one attached hydrogen (secondary N) is 1. The summed E-state index contributed by atoms with van der Waals surface area (Å²) in [7, 11) is 0. The van der Waals surface area contributed by atoms with E-state index in [1.165, 1.54) is 11.1 Å². The number of rotatable bonds is 9. The van der Waals surface area contributed by atoms with E-state index >= 15 is 0 Å². The first-order valence-corrected chi connectivity index (χ1v) is 8.33. The van der Waals surface area contributed by atoms with Crippen molar-refractivity contribution in [3.63, 3.8) is 0 Å². The minimum Gasteiger partial charge on any atom is -0.480 e. The fourth-order valence-corrected chi connectivity index (χ4v) is 2.81. The van der Waals surface area contributed by atoms with Crippen molar-refractivity contribution in [3.05, 3.63) is 71.8 Å². The van der Waals surface area contributed by atoms with Gasteiger partial charge in [0.25, 0.3) is 0 Å². The van der Waals surface area contributed by atoms with E-state index in [4.69, 9.17) is 5.11 Å². The van der Waals surface area contributed by atoms with E-state index in [1.807, 2.05) is 43.3 Å². The molecule has 2 rings (SSSR count). The Balaban J connectivity index is 2.03. The average molecular weight is 326 g/mol. The third kappa shape index (κ3) is 6.14. The lowest BCUT2D eigenvalue weighted by Crippen LogP contribution is -2.45. The van der Waals surface area contributed by atoms with Gasteiger partial charge in [0.1, 0.15) is 6.04 Å². The average Bonchev–Trinajstić information content (AvgIpc) is 2.56. The van der Waals surface area contributed by atoms with Crippen LogP contribution in [-0.4, -0.2) is 34.6 Å². The van der Waals surface area contributed by atoms with Crippen LogP contribution in [0.1, 0.15) is 25.0 Å². The molecule has 0 saturated carbocycles. The first-order chi connectivity index (χ1) is 11.5. The van der Waals surface area contributed by atoms with Crippen LogP contribution < -0.4 is 5.32 Å². The first-order valence-electron chi connectivity index (χ1n) is 8.33. The van der Waals surface area contributed by atoms with E-state index in [-0.39, 0.29) is 6.04 Å². The molecule has 4 nitrogen and oxygen atoms in total. The van der Waals surface area contributed by atoms with E-state index in [9.17, 15) is 4.79 Å². The zero-order valence-corrected chi connectivity index (χ0v) is 14.4. The highest BCUT2D eigenvalue weighted by atomic mass is 16.4. The summed E-state index contributed by atoms with van der Waals surface area (Å²) in [6, 6.07) is 20.2. The maximum Gasteiger partial charge on any atom is 0.320 e. The van der Waals surface area contributed by atoms with Gasteiger partial charge in [-0.2, -0.15) is 0 Å². The number of hydrogen-bond donors (Lipinski definition) is 2. The molecule has 128 valence electrons. The molecule has 0 heterocycles. The Morgan fingerprint density at radius 3 is 1.83 bits per heavy atom. The summed E-state index contributed by atoms with van der Waals surface area (Å²) in [5.41, 5.74) is 2.51. The third-order valence-electron chi connectivity index (χ3n) is 3.94. The Morgan fingerprint density at radius 2 is 1.42 bits per heavy atom. The number of aliphatic carboxylic acids is 1. The quantitative estimate of drug-likeness (QED) is 0.743. The van der Waals surface area contributed by atoms with Gasteiger partial charge in [-0.1, -0.05) is 60.7 Å². The molecule has 0 radical (unpaired) electrons. The number of hydrogen-bond acceptors (Lipinski definition) is 3. The molecule has 2 aromatic rings. The van der Waals surface area contributed by atoms with Crippen LogP contribution in [-0.2, 0) is 17.9 Å². The van der Waals surface area contributed by atoms with Crippen LogP contribution in [0.4, 0.5) is 0 Å². The van der Waals surface area contributed by atoms with Gasteiger partial charge in [0.05, 0.1) is 0 Å². The smallest absolute Gasteiger partial charge is 0.320 e. The Hall–Kier alpha value is -2.17. The second-order valence-corrected chi connectivity index (χ2v) is 6.27. The molecular formula is C20H26N2O2. The van der Waals surface area contributed by atoms with Gasteiger partial charge < -0.3 is 10.4 Å². The Bertz CT molecular complexity index is 575. The monoisotopic (exact) mass is 326 g/mol. The van der Waals surface area contributed by atoms with Crippen molar-refractivity contribution < 1.29 is 9.90 Å². The van der Waals surface area contributed by atoms with Gasteiger partial charge in [-0.15, -0.1) is 0 Å². The van der Waals surface area contributed by atoms with Gasteiger partial charge in [0.2, 0.25) is 0 Å². The van der Waals surface area contributed by atoms with Crippen molar-refractivity contribution in [1.82, 2.24) is 10.2 Å². The van der Waals surface area contributed by atoms with Crippen molar-refractivity contribution in [2.45, 2.75) is 39.0 Å². The predicted octanol–water partition coefficient (Wildman–Crippen LogP) is 3.14. The molecule has 0 amide bonds. The maximum absolute atomic E-state index is 11.0. The second kappa shape index (κ2) is 9.21. The van der Waals surface area contributed by atoms with Crippen molar-refractivity contribution in [2.24, 2.45) is 0 Å². The van der Waals surface area contributed by atoms with E-state index in [0.29, 0.717) is 0 Å². The SMILES string of the molecule is C[C@H](N[C@@H](C)CN(Cc1ccccc1)Cc1ccccc1)C(=O)O. The molecule has 2 N–H and O–H groups in total. The molecule has 0 spiro atoms. The molecule has 0 aliphatic carbocycles. The van der Waals surface area contributed by atoms with Gasteiger partial charge in [-0.05, 0) is 25.0 Å². The minimum atomic E-state index is -0.820. The Kier molecular flexibility index (Phi) is 6.97. The summed E-state index contributed by atoms with van der Waals surface area (Å²) >= 11 is 0. The molecule has 4 heteroatoms. The van der Waals surface area contributed by atoms with E-state index < -0.39 is 12.0 Å². The van der Waals surface area contributed by atoms with Crippen LogP contribution in [0, 0.1) is 0 Å². The predicted molar refractivity (Wildman–Crippen MR) is 96.7 cm³/mol. The van der Waals surface area contributed by atoms with Gasteiger partial charge in [-0.25, -0.2) is 0 Å². The number of carboxylic acid groups (broad SMARTS) is 1. The zero-order valence-electron chi connectivity index (χ0n) is 14.4. The first kappa shape index (κ1) is 18.2. The number of carboxylic acids is 1. The van der Waals surface area contributed by atoms with Crippen molar-refractivity contribution >= 4 is 5.97 Å². The number of benzene rings is 2. The molecule has 0 aliphatic heterocycles. The lowest BCUT2D eigenvalue weighted by Gasteiger charge is -2.27. The lowest BCUT2D eigenvalue weighted by atomic mass is 10.1. The molecule has 0 fully saturated rings. The number of nitrogens with zero attached hydrogens (tertiary/aromatic N) is 1. The van der Waals surface area contributed by atoms with Gasteiger partial charge in [-0.3, -0.25) is 9.69 Å². The summed E-state index contributed by atoms with van der Waals surface area (Å²) < 4.78 is 0. The standard InChI is InChI=1S/C20H26N2O2/c1-16(21-17(2)20(23)24)13-22(14-18-9-5-3-6-10-18)15-19-11-7-4-8-12-19/h3-12,16-17,21H,13-15H2,1-2H3,(H,23,24)/t16-,17-/m0/s1. The molecule has 0 bridgehead atoms. The topological polar surface area (TPSA) is 52.6 Å². The molecule has 24 heavy (non-hydrogen) atoms. The molecule has 0 aliphatic rings. The molecular weight excluding hydrogens is 300 g/mol. The fourth-order valence-electron chi connectivity index (χ4n) is 2.81. The Labute approximate surface area is 144 Å². The minimum absolute atomic E-state index is 0.0866. The van der Waals surface area contributed by atoms with Gasteiger partial charge in [0, 0.05) is 25.7 Å². The summed E-state index contributed by atoms with van der Waals surface area (Å²) in [4.78, 5) is 13.4. The summed E-state index contributed by atoms with van der Waals surface area (Å²) in [6.45, 7) is 6.16. The van der Waals surface area contributed by atoms with Crippen LogP contribution in [0.15, 0.2) is 60.7 Å². The second-order valence-electron chi connectivity index (χ2n) is 6.27. The fraction of sp³-hybridized carbons (Fsp3) is 0.350. The largest absolute Gasteiger partial charge is 0.480 e. The number of carbonyl (C=O) groups is 1. The van der Waals surface area contributed by atoms with E-state index in [2.05, 4.69) is 34.5 Å². The maximum atomic E-state index is 11.0. The van der Waals surface area contributed by atoms with Gasteiger partial charge >= 0.3 is 5.97 Å². The van der Waals surface area contributed by atoms with E-state index in [0.717, 1.165) is 19.6 Å². The third-order valence-corrected chi connectivity index (χ3v) is 3.94. The lowest BCUT2D eigenvalue weighted by molar-refractivity contribution is -0.139. The Morgan fingerprint density at radius 1 is 0.958 bits per heavy atom. The highest BCUT2D eigenvalue weighted by Gasteiger charge is 2.17. The normalized spacial score (nSPS) is 13.6. The van der Waals surface area contributed by atoms with Crippen LogP contribution in [0.25, 0.3) is 0 Å². The zero-order chi connectivity index (χ0) is 17.4. The highest BCUT2D eigenvalue weighted by molar-refractivity contribution is 5.72. The van der Waals surface area contributed by atoms with Crippen LogP contribution >= 0.6 is 0 Å². The van der Waals surface area contributed by atoms with Crippen molar-refractivity contribution in [2.75, 3.05) is 6.54 Å². The van der Waals surface area contributed by atoms with Crippen LogP contribution in [0.2, 0.25) is 0 Å². The van der Waals surface area contributed by atoms with Gasteiger partial charge in [0.15, 0.2) is 0 Å². The molecule has 2 aromatic carbocycles. The van der Waals surface area contributed by atoms with E-state index in [1.54, 1.807) is 6.92 Å². The highest BCUT2D eigenvalue weighted by Crippen LogP contribution is 2.11. The summed E-state index contributed by atoms with van der Waals surface area (Å²) in [5.74, 6) is -0.820.